The van der Waals surface area contributed by atoms with Crippen LogP contribution in [0, 0.1) is 11.8 Å². The zero-order valence-corrected chi connectivity index (χ0v) is 18.2. The Morgan fingerprint density at radius 1 is 1.20 bits per heavy atom. The van der Waals surface area contributed by atoms with Crippen LogP contribution in [-0.2, 0) is 16.0 Å². The van der Waals surface area contributed by atoms with Crippen LogP contribution < -0.4 is 5.32 Å². The minimum absolute atomic E-state index is 0.0115. The highest BCUT2D eigenvalue weighted by Crippen LogP contribution is 2.48. The first-order valence-corrected chi connectivity index (χ1v) is 11.1. The van der Waals surface area contributed by atoms with Crippen molar-refractivity contribution in [2.45, 2.75) is 24.8 Å². The van der Waals surface area contributed by atoms with Gasteiger partial charge in [-0.05, 0) is 24.8 Å². The van der Waals surface area contributed by atoms with E-state index in [1.807, 2.05) is 35.0 Å². The van der Waals surface area contributed by atoms with Crippen LogP contribution in [0.15, 0.2) is 30.3 Å². The maximum atomic E-state index is 12.9. The fraction of sp³-hybridized carbons (Fsp3) is 0.652. The van der Waals surface area contributed by atoms with Gasteiger partial charge in [0.2, 0.25) is 5.91 Å². The van der Waals surface area contributed by atoms with Gasteiger partial charge in [0.05, 0.1) is 18.1 Å². The molecule has 1 N–H and O–H groups in total. The third-order valence-electron chi connectivity index (χ3n) is 7.46. The summed E-state index contributed by atoms with van der Waals surface area (Å²) >= 11 is 0. The molecule has 3 amide bonds. The molecule has 2 atom stereocenters. The van der Waals surface area contributed by atoms with Crippen molar-refractivity contribution in [3.8, 4) is 0 Å². The van der Waals surface area contributed by atoms with Crippen LogP contribution in [0.25, 0.3) is 0 Å². The molecule has 0 radical (unpaired) electrons. The Bertz CT molecular complexity index is 748. The Kier molecular flexibility index (Phi) is 6.29. The predicted molar refractivity (Wildman–Crippen MR) is 115 cm³/mol. The second kappa shape index (κ2) is 8.94. The van der Waals surface area contributed by atoms with E-state index >= 15 is 0 Å². The van der Waals surface area contributed by atoms with Gasteiger partial charge < -0.3 is 19.9 Å². The molecule has 30 heavy (non-hydrogen) atoms. The molecule has 3 fully saturated rings. The lowest BCUT2D eigenvalue weighted by atomic mass is 9.75. The number of rotatable bonds is 6. The molecule has 0 bridgehead atoms. The van der Waals surface area contributed by atoms with E-state index < -0.39 is 0 Å². The van der Waals surface area contributed by atoms with Crippen LogP contribution >= 0.6 is 0 Å². The van der Waals surface area contributed by atoms with Crippen molar-refractivity contribution >= 4 is 11.9 Å². The number of carbonyl (C=O) groups excluding carboxylic acids is 2. The lowest BCUT2D eigenvalue weighted by Crippen LogP contribution is -2.57. The number of nitrogens with one attached hydrogen (secondary N) is 1. The van der Waals surface area contributed by atoms with Crippen molar-refractivity contribution < 1.29 is 14.3 Å². The number of amides is 3. The number of carbonyl (C=O) groups is 2. The Labute approximate surface area is 179 Å². The highest BCUT2D eigenvalue weighted by molar-refractivity contribution is 5.84. The summed E-state index contributed by atoms with van der Waals surface area (Å²) < 4.78 is 5.22. The van der Waals surface area contributed by atoms with Gasteiger partial charge in [0.15, 0.2) is 0 Å². The maximum absolute atomic E-state index is 12.9. The van der Waals surface area contributed by atoms with Gasteiger partial charge in [0.1, 0.15) is 0 Å². The fourth-order valence-corrected chi connectivity index (χ4v) is 5.67. The van der Waals surface area contributed by atoms with Gasteiger partial charge in [-0.2, -0.15) is 0 Å². The topological polar surface area (TPSA) is 65.1 Å². The number of hydrogen-bond acceptors (Lipinski definition) is 4. The highest BCUT2D eigenvalue weighted by atomic mass is 16.5. The molecule has 7 nitrogen and oxygen atoms in total. The summed E-state index contributed by atoms with van der Waals surface area (Å²) in [6.45, 7) is 5.42. The van der Waals surface area contributed by atoms with Crippen molar-refractivity contribution in [2.75, 3.05) is 60.0 Å². The first-order chi connectivity index (χ1) is 14.5. The zero-order chi connectivity index (χ0) is 21.1. The standard InChI is InChI=1S/C23H34N4O3/c1-25-21(28)19-16-26(14-15-30-2)17-20(19)23(25)9-12-27(13-10-23)22(29)24-11-8-18-6-4-3-5-7-18/h3-7,19-20H,8-17H2,1-2H3,(H,24,29)/t19-,20+/m1/s1. The monoisotopic (exact) mass is 414 g/mol. The first kappa shape index (κ1) is 21.1. The van der Waals surface area contributed by atoms with E-state index in [1.165, 1.54) is 5.56 Å². The minimum atomic E-state index is -0.107. The van der Waals surface area contributed by atoms with E-state index in [1.54, 1.807) is 7.11 Å². The molecule has 0 saturated carbocycles. The number of methoxy groups -OCH3 is 1. The SMILES string of the molecule is COCCN1C[C@H]2C(=O)N(C)C3(CCN(C(=O)NCCc4ccccc4)CC3)[C@H]2C1. The number of hydrogen-bond donors (Lipinski definition) is 1. The van der Waals surface area contributed by atoms with Crippen LogP contribution in [0.5, 0.6) is 0 Å². The molecule has 3 saturated heterocycles. The summed E-state index contributed by atoms with van der Waals surface area (Å²) in [5.74, 6) is 0.730. The Hall–Kier alpha value is -2.12. The Morgan fingerprint density at radius 3 is 2.63 bits per heavy atom. The number of fused-ring (bicyclic) bond motifs is 2. The average Bonchev–Trinajstić information content (AvgIpc) is 3.28. The number of piperidine rings is 1. The molecule has 1 aromatic carbocycles. The van der Waals surface area contributed by atoms with Crippen molar-refractivity contribution in [1.29, 1.82) is 0 Å². The normalized spacial score (nSPS) is 25.7. The fourth-order valence-electron chi connectivity index (χ4n) is 5.67. The molecule has 4 rings (SSSR count). The second-order valence-electron chi connectivity index (χ2n) is 8.92. The molecule has 3 aliphatic rings. The Balaban J connectivity index is 1.31. The van der Waals surface area contributed by atoms with Gasteiger partial charge in [-0.15, -0.1) is 0 Å². The van der Waals surface area contributed by atoms with E-state index in [9.17, 15) is 9.59 Å². The summed E-state index contributed by atoms with van der Waals surface area (Å²) in [4.78, 5) is 31.9. The average molecular weight is 415 g/mol. The molecule has 0 aromatic heterocycles. The second-order valence-corrected chi connectivity index (χ2v) is 8.92. The number of ether oxygens (including phenoxy) is 1. The van der Waals surface area contributed by atoms with Crippen LogP contribution in [0.3, 0.4) is 0 Å². The number of urea groups is 1. The third-order valence-corrected chi connectivity index (χ3v) is 7.46. The summed E-state index contributed by atoms with van der Waals surface area (Å²) in [6, 6.07) is 10.2. The maximum Gasteiger partial charge on any atom is 0.317 e. The van der Waals surface area contributed by atoms with Gasteiger partial charge >= 0.3 is 6.03 Å². The predicted octanol–water partition coefficient (Wildman–Crippen LogP) is 1.44. The Morgan fingerprint density at radius 2 is 1.93 bits per heavy atom. The van der Waals surface area contributed by atoms with Crippen molar-refractivity contribution in [3.63, 3.8) is 0 Å². The van der Waals surface area contributed by atoms with Crippen molar-refractivity contribution in [2.24, 2.45) is 11.8 Å². The lowest BCUT2D eigenvalue weighted by Gasteiger charge is -2.46. The van der Waals surface area contributed by atoms with E-state index in [0.29, 0.717) is 32.2 Å². The summed E-state index contributed by atoms with van der Waals surface area (Å²) in [6.07, 6.45) is 2.56. The molecular formula is C23H34N4O3. The summed E-state index contributed by atoms with van der Waals surface area (Å²) in [5.41, 5.74) is 1.12. The van der Waals surface area contributed by atoms with E-state index in [4.69, 9.17) is 4.74 Å². The highest BCUT2D eigenvalue weighted by Gasteiger charge is 2.60. The van der Waals surface area contributed by atoms with Gasteiger partial charge in [0.25, 0.3) is 0 Å². The zero-order valence-electron chi connectivity index (χ0n) is 18.2. The van der Waals surface area contributed by atoms with Crippen LogP contribution in [0.2, 0.25) is 0 Å². The molecule has 0 unspecified atom stereocenters. The van der Waals surface area contributed by atoms with Crippen molar-refractivity contribution in [1.82, 2.24) is 20.0 Å². The van der Waals surface area contributed by atoms with E-state index in [0.717, 1.165) is 38.9 Å². The van der Waals surface area contributed by atoms with Gasteiger partial charge in [-0.3, -0.25) is 9.69 Å². The molecular weight excluding hydrogens is 380 g/mol. The molecule has 1 aromatic rings. The van der Waals surface area contributed by atoms with E-state index in [2.05, 4.69) is 22.3 Å². The molecule has 1 spiro atoms. The number of benzene rings is 1. The van der Waals surface area contributed by atoms with Gasteiger partial charge in [-0.25, -0.2) is 4.79 Å². The van der Waals surface area contributed by atoms with Crippen LogP contribution in [0.1, 0.15) is 18.4 Å². The van der Waals surface area contributed by atoms with Crippen molar-refractivity contribution in [3.05, 3.63) is 35.9 Å². The van der Waals surface area contributed by atoms with Crippen LogP contribution in [0.4, 0.5) is 4.79 Å². The summed E-state index contributed by atoms with van der Waals surface area (Å²) in [5, 5.41) is 3.06. The molecule has 164 valence electrons. The summed E-state index contributed by atoms with van der Waals surface area (Å²) in [7, 11) is 3.69. The molecule has 3 heterocycles. The molecule has 7 heteroatoms. The van der Waals surface area contributed by atoms with Gasteiger partial charge in [0, 0.05) is 59.3 Å². The van der Waals surface area contributed by atoms with E-state index in [-0.39, 0.29) is 23.4 Å². The van der Waals surface area contributed by atoms with Gasteiger partial charge in [-0.1, -0.05) is 30.3 Å². The quantitative estimate of drug-likeness (QED) is 0.765. The minimum Gasteiger partial charge on any atom is -0.383 e. The van der Waals surface area contributed by atoms with Crippen LogP contribution in [-0.4, -0.2) is 92.2 Å². The third kappa shape index (κ3) is 3.93. The smallest absolute Gasteiger partial charge is 0.317 e. The first-order valence-electron chi connectivity index (χ1n) is 11.1. The number of likely N-dealkylation sites (tertiary alicyclic amines) is 3. The molecule has 0 aliphatic carbocycles. The molecule has 3 aliphatic heterocycles. The number of nitrogens with zero attached hydrogens (tertiary/aromatic N) is 3. The lowest BCUT2D eigenvalue weighted by molar-refractivity contribution is -0.133. The largest absolute Gasteiger partial charge is 0.383 e.